The van der Waals surface area contributed by atoms with Crippen LogP contribution in [-0.2, 0) is 6.42 Å². The quantitative estimate of drug-likeness (QED) is 0.589. The Kier molecular flexibility index (Phi) is 4.76. The Hall–Kier alpha value is -0.720. The second-order valence-electron chi connectivity index (χ2n) is 6.43. The van der Waals surface area contributed by atoms with Crippen molar-refractivity contribution in [2.45, 2.75) is 32.1 Å². The van der Waals surface area contributed by atoms with Gasteiger partial charge in [-0.05, 0) is 41.5 Å². The molecule has 0 unspecified atom stereocenters. The molecule has 3 rings (SSSR count). The lowest BCUT2D eigenvalue weighted by Gasteiger charge is -2.36. The minimum atomic E-state index is 0.0454. The zero-order valence-corrected chi connectivity index (χ0v) is 13.8. The third-order valence-electron chi connectivity index (χ3n) is 5.18. The second kappa shape index (κ2) is 6.58. The summed E-state index contributed by atoms with van der Waals surface area (Å²) in [6.07, 6.45) is 6.21. The average molecular weight is 321 g/mol. The van der Waals surface area contributed by atoms with Gasteiger partial charge in [-0.1, -0.05) is 55.3 Å². The van der Waals surface area contributed by atoms with E-state index in [4.69, 9.17) is 23.2 Å². The maximum absolute atomic E-state index is 6.42. The predicted molar refractivity (Wildman–Crippen MR) is 93.5 cm³/mol. The van der Waals surface area contributed by atoms with Crippen molar-refractivity contribution in [2.24, 2.45) is 11.3 Å². The molecule has 0 aliphatic heterocycles. The van der Waals surface area contributed by atoms with Crippen molar-refractivity contribution in [3.05, 3.63) is 48.0 Å². The zero-order valence-electron chi connectivity index (χ0n) is 12.3. The zero-order chi connectivity index (χ0) is 14.7. The molecule has 1 aliphatic carbocycles. The molecule has 0 aromatic heterocycles. The van der Waals surface area contributed by atoms with Gasteiger partial charge >= 0.3 is 0 Å². The minimum absolute atomic E-state index is 0.0454. The molecule has 2 heteroatoms. The van der Waals surface area contributed by atoms with E-state index in [-0.39, 0.29) is 5.41 Å². The summed E-state index contributed by atoms with van der Waals surface area (Å²) in [5.41, 5.74) is 1.44. The Labute approximate surface area is 137 Å². The SMILES string of the molecule is ClCC(CCl)(Cc1cccc2ccccc12)C1CCCC1. The monoisotopic (exact) mass is 320 g/mol. The smallest absolute Gasteiger partial charge is 0.0297 e. The third-order valence-corrected chi connectivity index (χ3v) is 6.24. The molecule has 1 saturated carbocycles. The summed E-state index contributed by atoms with van der Waals surface area (Å²) in [4.78, 5) is 0. The van der Waals surface area contributed by atoms with Gasteiger partial charge in [0.25, 0.3) is 0 Å². The van der Waals surface area contributed by atoms with E-state index >= 15 is 0 Å². The molecular weight excluding hydrogens is 299 g/mol. The number of fused-ring (bicyclic) bond motifs is 1. The van der Waals surface area contributed by atoms with Crippen molar-refractivity contribution in [2.75, 3.05) is 11.8 Å². The molecular formula is C19H22Cl2. The summed E-state index contributed by atoms with van der Waals surface area (Å²) >= 11 is 12.8. The Bertz CT molecular complexity index is 590. The lowest BCUT2D eigenvalue weighted by atomic mass is 9.72. The highest BCUT2D eigenvalue weighted by Crippen LogP contribution is 2.44. The lowest BCUT2D eigenvalue weighted by molar-refractivity contribution is 0.225. The van der Waals surface area contributed by atoms with Gasteiger partial charge in [0, 0.05) is 17.2 Å². The largest absolute Gasteiger partial charge is 0.126 e. The van der Waals surface area contributed by atoms with Gasteiger partial charge in [-0.3, -0.25) is 0 Å². The Morgan fingerprint density at radius 3 is 2.29 bits per heavy atom. The van der Waals surface area contributed by atoms with Crippen LogP contribution in [0.25, 0.3) is 10.8 Å². The number of rotatable bonds is 5. The van der Waals surface area contributed by atoms with Gasteiger partial charge in [-0.2, -0.15) is 0 Å². The first-order valence-corrected chi connectivity index (χ1v) is 8.94. The van der Waals surface area contributed by atoms with Crippen molar-refractivity contribution in [3.8, 4) is 0 Å². The summed E-state index contributed by atoms with van der Waals surface area (Å²) in [7, 11) is 0. The highest BCUT2D eigenvalue weighted by molar-refractivity contribution is 6.21. The van der Waals surface area contributed by atoms with Crippen LogP contribution in [0.4, 0.5) is 0 Å². The molecule has 0 atom stereocenters. The second-order valence-corrected chi connectivity index (χ2v) is 6.96. The van der Waals surface area contributed by atoms with Gasteiger partial charge in [-0.15, -0.1) is 23.2 Å². The number of hydrogen-bond donors (Lipinski definition) is 0. The topological polar surface area (TPSA) is 0 Å². The lowest BCUT2D eigenvalue weighted by Crippen LogP contribution is -2.35. The van der Waals surface area contributed by atoms with Crippen LogP contribution in [0.2, 0.25) is 0 Å². The van der Waals surface area contributed by atoms with Crippen molar-refractivity contribution in [3.63, 3.8) is 0 Å². The fraction of sp³-hybridized carbons (Fsp3) is 0.474. The molecule has 1 fully saturated rings. The molecule has 112 valence electrons. The minimum Gasteiger partial charge on any atom is -0.126 e. The number of hydrogen-bond acceptors (Lipinski definition) is 0. The fourth-order valence-corrected chi connectivity index (χ4v) is 4.77. The number of halogens is 2. The first-order valence-electron chi connectivity index (χ1n) is 7.88. The molecule has 2 aromatic rings. The van der Waals surface area contributed by atoms with Crippen molar-refractivity contribution < 1.29 is 0 Å². The number of benzene rings is 2. The maximum atomic E-state index is 6.42. The summed E-state index contributed by atoms with van der Waals surface area (Å²) in [6, 6.07) is 15.2. The standard InChI is InChI=1S/C19H22Cl2/c20-13-19(14-21,17-9-2-3-10-17)12-16-8-5-7-15-6-1-4-11-18(15)16/h1,4-8,11,17H,2-3,9-10,12-14H2. The van der Waals surface area contributed by atoms with Crippen molar-refractivity contribution in [1.29, 1.82) is 0 Å². The van der Waals surface area contributed by atoms with Crippen LogP contribution in [0.3, 0.4) is 0 Å². The van der Waals surface area contributed by atoms with E-state index in [0.717, 1.165) is 6.42 Å². The molecule has 0 N–H and O–H groups in total. The first-order chi connectivity index (χ1) is 10.3. The van der Waals surface area contributed by atoms with Crippen LogP contribution < -0.4 is 0 Å². The van der Waals surface area contributed by atoms with Crippen LogP contribution in [0.15, 0.2) is 42.5 Å². The van der Waals surface area contributed by atoms with Crippen LogP contribution in [-0.4, -0.2) is 11.8 Å². The average Bonchev–Trinajstić information content (AvgIpc) is 3.08. The van der Waals surface area contributed by atoms with Gasteiger partial charge in [0.15, 0.2) is 0 Å². The van der Waals surface area contributed by atoms with Gasteiger partial charge in [0.05, 0.1) is 0 Å². The van der Waals surface area contributed by atoms with E-state index in [1.54, 1.807) is 0 Å². The summed E-state index contributed by atoms with van der Waals surface area (Å²) in [6.45, 7) is 0. The third kappa shape index (κ3) is 2.94. The van der Waals surface area contributed by atoms with Gasteiger partial charge in [-0.25, -0.2) is 0 Å². The van der Waals surface area contributed by atoms with E-state index in [1.807, 2.05) is 0 Å². The Balaban J connectivity index is 1.98. The van der Waals surface area contributed by atoms with E-state index in [0.29, 0.717) is 17.7 Å². The molecule has 21 heavy (non-hydrogen) atoms. The van der Waals surface area contributed by atoms with Crippen molar-refractivity contribution in [1.82, 2.24) is 0 Å². The van der Waals surface area contributed by atoms with E-state index in [2.05, 4.69) is 42.5 Å². The van der Waals surface area contributed by atoms with Crippen LogP contribution in [0.5, 0.6) is 0 Å². The molecule has 0 radical (unpaired) electrons. The molecule has 1 aliphatic rings. The van der Waals surface area contributed by atoms with E-state index in [1.165, 1.54) is 42.0 Å². The van der Waals surface area contributed by atoms with Gasteiger partial charge in [0.1, 0.15) is 0 Å². The Morgan fingerprint density at radius 1 is 0.905 bits per heavy atom. The highest BCUT2D eigenvalue weighted by atomic mass is 35.5. The predicted octanol–water partition coefficient (Wildman–Crippen LogP) is 6.04. The fourth-order valence-electron chi connectivity index (χ4n) is 3.86. The van der Waals surface area contributed by atoms with Crippen LogP contribution in [0.1, 0.15) is 31.2 Å². The first kappa shape index (κ1) is 15.2. The molecule has 0 saturated heterocycles. The van der Waals surface area contributed by atoms with Crippen molar-refractivity contribution >= 4 is 34.0 Å². The number of alkyl halides is 2. The molecule has 0 spiro atoms. The van der Waals surface area contributed by atoms with E-state index < -0.39 is 0 Å². The maximum Gasteiger partial charge on any atom is 0.0297 e. The van der Waals surface area contributed by atoms with Crippen LogP contribution >= 0.6 is 23.2 Å². The molecule has 2 aromatic carbocycles. The van der Waals surface area contributed by atoms with E-state index in [9.17, 15) is 0 Å². The molecule has 0 amide bonds. The van der Waals surface area contributed by atoms with Crippen LogP contribution in [0, 0.1) is 11.3 Å². The van der Waals surface area contributed by atoms with Gasteiger partial charge < -0.3 is 0 Å². The highest BCUT2D eigenvalue weighted by Gasteiger charge is 2.39. The summed E-state index contributed by atoms with van der Waals surface area (Å²) in [5, 5.41) is 2.65. The normalized spacial score (nSPS) is 16.7. The molecule has 0 bridgehead atoms. The molecule has 0 heterocycles. The summed E-state index contributed by atoms with van der Waals surface area (Å²) in [5.74, 6) is 1.99. The van der Waals surface area contributed by atoms with Gasteiger partial charge in [0.2, 0.25) is 0 Å². The molecule has 0 nitrogen and oxygen atoms in total. The summed E-state index contributed by atoms with van der Waals surface area (Å²) < 4.78 is 0. The Morgan fingerprint density at radius 2 is 1.57 bits per heavy atom.